The predicted molar refractivity (Wildman–Crippen MR) is 70.3 cm³/mol. The summed E-state index contributed by atoms with van der Waals surface area (Å²) in [4.78, 5) is 0.0358. The first kappa shape index (κ1) is 15.2. The first-order valence-electron chi connectivity index (χ1n) is 5.70. The van der Waals surface area contributed by atoms with Gasteiger partial charge in [-0.25, -0.2) is 8.42 Å². The van der Waals surface area contributed by atoms with Crippen molar-refractivity contribution in [3.05, 3.63) is 29.8 Å². The van der Waals surface area contributed by atoms with Crippen molar-refractivity contribution in [3.63, 3.8) is 0 Å². The van der Waals surface area contributed by atoms with Crippen LogP contribution >= 0.6 is 0 Å². The molecule has 0 bridgehead atoms. The second-order valence-corrected chi connectivity index (χ2v) is 6.39. The molecular formula is C13H15N3O2S. The third-order valence-corrected chi connectivity index (χ3v) is 4.61. The van der Waals surface area contributed by atoms with Crippen molar-refractivity contribution >= 4 is 10.0 Å². The molecule has 0 aliphatic heterocycles. The number of hydrogen-bond acceptors (Lipinski definition) is 4. The van der Waals surface area contributed by atoms with E-state index in [1.54, 1.807) is 20.8 Å². The van der Waals surface area contributed by atoms with Crippen molar-refractivity contribution in [3.8, 4) is 12.1 Å². The predicted octanol–water partition coefficient (Wildman–Crippen LogP) is 1.77. The van der Waals surface area contributed by atoms with Crippen LogP contribution in [0.4, 0.5) is 0 Å². The maximum absolute atomic E-state index is 12.2. The third kappa shape index (κ3) is 3.31. The summed E-state index contributed by atoms with van der Waals surface area (Å²) >= 11 is 0. The number of rotatable bonds is 4. The topological polar surface area (TPSA) is 93.8 Å². The molecule has 0 aliphatic carbocycles. The summed E-state index contributed by atoms with van der Waals surface area (Å²) in [7, 11) is -3.78. The van der Waals surface area contributed by atoms with Gasteiger partial charge < -0.3 is 0 Å². The molecule has 0 fully saturated rings. The van der Waals surface area contributed by atoms with Gasteiger partial charge in [0.05, 0.1) is 22.6 Å². The Bertz CT molecular complexity index is 636. The normalized spacial score (nSPS) is 14.4. The Morgan fingerprint density at radius 2 is 1.74 bits per heavy atom. The molecule has 19 heavy (non-hydrogen) atoms. The van der Waals surface area contributed by atoms with Gasteiger partial charge in [-0.1, -0.05) is 13.8 Å². The monoisotopic (exact) mass is 277 g/mol. The average Bonchev–Trinajstić information content (AvgIpc) is 2.38. The van der Waals surface area contributed by atoms with Crippen molar-refractivity contribution in [2.45, 2.75) is 31.2 Å². The van der Waals surface area contributed by atoms with Crippen LogP contribution in [0.1, 0.15) is 26.3 Å². The minimum absolute atomic E-state index is 0.0358. The van der Waals surface area contributed by atoms with Crippen LogP contribution in [-0.2, 0) is 10.0 Å². The summed E-state index contributed by atoms with van der Waals surface area (Å²) in [5, 5.41) is 17.8. The molecule has 0 radical (unpaired) electrons. The standard InChI is InChI=1S/C13H15N3O2S/c1-10(2)13(3,9-15)16-19(17,18)12-6-4-11(8-14)5-7-12/h4-7,10,16H,1-3H3/t13-/m1/s1. The maximum atomic E-state index is 12.2. The fourth-order valence-electron chi connectivity index (χ4n) is 1.32. The van der Waals surface area contributed by atoms with Crippen LogP contribution in [0.3, 0.4) is 0 Å². The zero-order valence-electron chi connectivity index (χ0n) is 11.0. The summed E-state index contributed by atoms with van der Waals surface area (Å²) in [6.07, 6.45) is 0. The SMILES string of the molecule is CC(C)[C@@](C)(C#N)NS(=O)(=O)c1ccc(C#N)cc1. The molecule has 0 spiro atoms. The van der Waals surface area contributed by atoms with Crippen molar-refractivity contribution in [2.24, 2.45) is 5.92 Å². The molecule has 0 unspecified atom stereocenters. The van der Waals surface area contributed by atoms with Crippen LogP contribution < -0.4 is 4.72 Å². The average molecular weight is 277 g/mol. The van der Waals surface area contributed by atoms with E-state index in [-0.39, 0.29) is 10.8 Å². The first-order valence-corrected chi connectivity index (χ1v) is 7.19. The molecular weight excluding hydrogens is 262 g/mol. The summed E-state index contributed by atoms with van der Waals surface area (Å²) in [6.45, 7) is 5.08. The lowest BCUT2D eigenvalue weighted by molar-refractivity contribution is 0.389. The molecule has 6 heteroatoms. The molecule has 1 rings (SSSR count). The lowest BCUT2D eigenvalue weighted by Crippen LogP contribution is -2.48. The highest BCUT2D eigenvalue weighted by molar-refractivity contribution is 7.89. The molecule has 1 aromatic carbocycles. The Morgan fingerprint density at radius 1 is 1.21 bits per heavy atom. The molecule has 0 saturated heterocycles. The van der Waals surface area contributed by atoms with Gasteiger partial charge >= 0.3 is 0 Å². The van der Waals surface area contributed by atoms with Gasteiger partial charge in [0.25, 0.3) is 0 Å². The highest BCUT2D eigenvalue weighted by Crippen LogP contribution is 2.19. The van der Waals surface area contributed by atoms with Gasteiger partial charge in [0.15, 0.2) is 0 Å². The van der Waals surface area contributed by atoms with Gasteiger partial charge in [-0.2, -0.15) is 15.2 Å². The second kappa shape index (κ2) is 5.40. The van der Waals surface area contributed by atoms with E-state index >= 15 is 0 Å². The molecule has 0 heterocycles. The van der Waals surface area contributed by atoms with E-state index in [1.165, 1.54) is 24.3 Å². The van der Waals surface area contributed by atoms with Crippen LogP contribution in [0, 0.1) is 28.6 Å². The summed E-state index contributed by atoms with van der Waals surface area (Å²) in [5.41, 5.74) is -0.793. The van der Waals surface area contributed by atoms with Crippen LogP contribution in [0.5, 0.6) is 0 Å². The molecule has 1 N–H and O–H groups in total. The van der Waals surface area contributed by atoms with Crippen LogP contribution in [-0.4, -0.2) is 14.0 Å². The Hall–Kier alpha value is -1.89. The fraction of sp³-hybridized carbons (Fsp3) is 0.385. The van der Waals surface area contributed by atoms with Gasteiger partial charge in [-0.3, -0.25) is 0 Å². The van der Waals surface area contributed by atoms with E-state index in [4.69, 9.17) is 10.5 Å². The minimum Gasteiger partial charge on any atom is -0.207 e. The molecule has 5 nitrogen and oxygen atoms in total. The van der Waals surface area contributed by atoms with Gasteiger partial charge in [0.2, 0.25) is 10.0 Å². The lowest BCUT2D eigenvalue weighted by Gasteiger charge is -2.26. The van der Waals surface area contributed by atoms with Crippen molar-refractivity contribution in [1.29, 1.82) is 10.5 Å². The van der Waals surface area contributed by atoms with Crippen LogP contribution in [0.2, 0.25) is 0 Å². The Kier molecular flexibility index (Phi) is 4.31. The minimum atomic E-state index is -3.78. The van der Waals surface area contributed by atoms with Crippen LogP contribution in [0.15, 0.2) is 29.2 Å². The van der Waals surface area contributed by atoms with E-state index in [2.05, 4.69) is 4.72 Å². The fourth-order valence-corrected chi connectivity index (χ4v) is 2.77. The van der Waals surface area contributed by atoms with Gasteiger partial charge in [0, 0.05) is 0 Å². The third-order valence-electron chi connectivity index (χ3n) is 3.03. The highest BCUT2D eigenvalue weighted by atomic mass is 32.2. The molecule has 0 aromatic heterocycles. The zero-order valence-corrected chi connectivity index (χ0v) is 11.8. The summed E-state index contributed by atoms with van der Waals surface area (Å²) in [6, 6.07) is 9.44. The number of hydrogen-bond donors (Lipinski definition) is 1. The maximum Gasteiger partial charge on any atom is 0.241 e. The Balaban J connectivity index is 3.12. The van der Waals surface area contributed by atoms with E-state index in [0.717, 1.165) is 0 Å². The quantitative estimate of drug-likeness (QED) is 0.907. The number of benzene rings is 1. The smallest absolute Gasteiger partial charge is 0.207 e. The Labute approximate surface area is 113 Å². The van der Waals surface area contributed by atoms with Crippen LogP contribution in [0.25, 0.3) is 0 Å². The Morgan fingerprint density at radius 3 is 2.11 bits per heavy atom. The van der Waals surface area contributed by atoms with E-state index in [1.807, 2.05) is 12.1 Å². The van der Waals surface area contributed by atoms with Crippen molar-refractivity contribution in [1.82, 2.24) is 4.72 Å². The molecule has 100 valence electrons. The molecule has 0 amide bonds. The number of sulfonamides is 1. The summed E-state index contributed by atoms with van der Waals surface area (Å²) < 4.78 is 26.7. The molecule has 0 saturated carbocycles. The molecule has 0 aliphatic rings. The summed E-state index contributed by atoms with van der Waals surface area (Å²) in [5.74, 6) is -0.175. The van der Waals surface area contributed by atoms with Gasteiger partial charge in [-0.15, -0.1) is 0 Å². The van der Waals surface area contributed by atoms with Gasteiger partial charge in [-0.05, 0) is 37.1 Å². The van der Waals surface area contributed by atoms with E-state index in [9.17, 15) is 8.42 Å². The molecule has 1 aromatic rings. The highest BCUT2D eigenvalue weighted by Gasteiger charge is 2.33. The number of nitriles is 2. The zero-order chi connectivity index (χ0) is 14.7. The van der Waals surface area contributed by atoms with E-state index < -0.39 is 15.6 Å². The van der Waals surface area contributed by atoms with E-state index in [0.29, 0.717) is 5.56 Å². The largest absolute Gasteiger partial charge is 0.241 e. The lowest BCUT2D eigenvalue weighted by atomic mass is 9.92. The van der Waals surface area contributed by atoms with Crippen molar-refractivity contribution < 1.29 is 8.42 Å². The first-order chi connectivity index (χ1) is 8.75. The number of nitrogens with zero attached hydrogens (tertiary/aromatic N) is 2. The molecule has 1 atom stereocenters. The number of nitrogens with one attached hydrogen (secondary N) is 1. The van der Waals surface area contributed by atoms with Gasteiger partial charge in [0.1, 0.15) is 5.54 Å². The second-order valence-electron chi connectivity index (χ2n) is 4.71. The van der Waals surface area contributed by atoms with Crippen molar-refractivity contribution in [2.75, 3.05) is 0 Å².